The van der Waals surface area contributed by atoms with Crippen LogP contribution in [0.3, 0.4) is 0 Å². The van der Waals surface area contributed by atoms with E-state index < -0.39 is 0 Å². The molecule has 50 heavy (non-hydrogen) atoms. The van der Waals surface area contributed by atoms with Crippen molar-refractivity contribution in [2.45, 2.75) is 0 Å². The Bertz CT molecular complexity index is 2920. The molecule has 0 saturated carbocycles. The topological polar surface area (TPSA) is 81.2 Å². The quantitative estimate of drug-likeness (QED) is 0.193. The summed E-state index contributed by atoms with van der Waals surface area (Å²) in [6, 6.07) is 57.8. The highest BCUT2D eigenvalue weighted by atomic mass is 15.0. The van der Waals surface area contributed by atoms with E-state index in [4.69, 9.17) is 0 Å². The van der Waals surface area contributed by atoms with E-state index in [1.54, 1.807) is 0 Å². The molecule has 0 amide bonds. The van der Waals surface area contributed by atoms with Crippen molar-refractivity contribution in [1.82, 2.24) is 9.13 Å². The number of rotatable bonds is 4. The fourth-order valence-electron chi connectivity index (χ4n) is 7.45. The lowest BCUT2D eigenvalue weighted by Crippen LogP contribution is -2.00. The first-order valence-electron chi connectivity index (χ1n) is 16.3. The van der Waals surface area contributed by atoms with Crippen LogP contribution in [0, 0.1) is 34.0 Å². The third-order valence-electron chi connectivity index (χ3n) is 9.58. The molecule has 7 aromatic carbocycles. The SMILES string of the molecule is N#Cc1cc(-c2ccccc2-c2cc(C#N)ccc2-n2c3ccccc3c3ccccc32)cc(-n2c3ccccc3c3cc(C#N)ccc32)c1. The molecule has 230 valence electrons. The molecule has 0 saturated heterocycles. The largest absolute Gasteiger partial charge is 0.309 e. The van der Waals surface area contributed by atoms with Gasteiger partial charge in [0.15, 0.2) is 0 Å². The van der Waals surface area contributed by atoms with Crippen molar-refractivity contribution >= 4 is 43.6 Å². The first-order valence-corrected chi connectivity index (χ1v) is 16.3. The van der Waals surface area contributed by atoms with Crippen LogP contribution in [0.2, 0.25) is 0 Å². The highest BCUT2D eigenvalue weighted by Gasteiger charge is 2.20. The molecule has 0 bridgehead atoms. The maximum absolute atomic E-state index is 10.3. The monoisotopic (exact) mass is 635 g/mol. The summed E-state index contributed by atoms with van der Waals surface area (Å²) in [5, 5.41) is 34.4. The van der Waals surface area contributed by atoms with Gasteiger partial charge in [0.05, 0.1) is 62.7 Å². The minimum atomic E-state index is 0.528. The molecule has 0 radical (unpaired) electrons. The van der Waals surface area contributed by atoms with E-state index in [0.717, 1.165) is 77.2 Å². The van der Waals surface area contributed by atoms with Crippen molar-refractivity contribution in [1.29, 1.82) is 15.8 Å². The van der Waals surface area contributed by atoms with Crippen LogP contribution in [-0.4, -0.2) is 9.13 Å². The average molecular weight is 636 g/mol. The third-order valence-corrected chi connectivity index (χ3v) is 9.58. The Morgan fingerprint density at radius 1 is 0.360 bits per heavy atom. The van der Waals surface area contributed by atoms with Gasteiger partial charge < -0.3 is 9.13 Å². The second kappa shape index (κ2) is 11.4. The number of benzene rings is 7. The van der Waals surface area contributed by atoms with E-state index in [2.05, 4.69) is 106 Å². The van der Waals surface area contributed by atoms with Gasteiger partial charge in [-0.1, -0.05) is 78.9 Å². The van der Waals surface area contributed by atoms with Gasteiger partial charge in [0.1, 0.15) is 0 Å². The van der Waals surface area contributed by atoms with E-state index in [1.165, 1.54) is 0 Å². The van der Waals surface area contributed by atoms with Crippen molar-refractivity contribution in [2.75, 3.05) is 0 Å². The van der Waals surface area contributed by atoms with Crippen molar-refractivity contribution in [3.05, 3.63) is 168 Å². The Labute approximate surface area is 287 Å². The third kappa shape index (κ3) is 4.38. The lowest BCUT2D eigenvalue weighted by atomic mass is 9.91. The molecule has 0 unspecified atom stereocenters. The molecule has 0 fully saturated rings. The smallest absolute Gasteiger partial charge is 0.0992 e. The number of aromatic nitrogens is 2. The number of para-hydroxylation sites is 3. The summed E-state index contributed by atoms with van der Waals surface area (Å²) in [4.78, 5) is 0. The predicted molar refractivity (Wildman–Crippen MR) is 200 cm³/mol. The number of fused-ring (bicyclic) bond motifs is 6. The number of nitrogens with zero attached hydrogens (tertiary/aromatic N) is 5. The van der Waals surface area contributed by atoms with Gasteiger partial charge in [0.25, 0.3) is 0 Å². The Morgan fingerprint density at radius 3 is 1.54 bits per heavy atom. The lowest BCUT2D eigenvalue weighted by Gasteiger charge is -2.18. The van der Waals surface area contributed by atoms with Crippen LogP contribution in [0.5, 0.6) is 0 Å². The average Bonchev–Trinajstić information content (AvgIpc) is 3.70. The maximum atomic E-state index is 10.3. The minimum Gasteiger partial charge on any atom is -0.309 e. The molecule has 0 aliphatic heterocycles. The second-order valence-electron chi connectivity index (χ2n) is 12.3. The molecular formula is C45H25N5. The molecule has 0 aliphatic carbocycles. The zero-order valence-corrected chi connectivity index (χ0v) is 26.7. The first-order chi connectivity index (χ1) is 24.7. The Hall–Kier alpha value is -7.39. The molecule has 9 aromatic rings. The second-order valence-corrected chi connectivity index (χ2v) is 12.3. The van der Waals surface area contributed by atoms with Gasteiger partial charge in [-0.15, -0.1) is 0 Å². The van der Waals surface area contributed by atoms with Gasteiger partial charge in [0.2, 0.25) is 0 Å². The van der Waals surface area contributed by atoms with Gasteiger partial charge in [-0.25, -0.2) is 0 Å². The summed E-state index contributed by atoms with van der Waals surface area (Å²) in [5.74, 6) is 0. The van der Waals surface area contributed by atoms with E-state index in [9.17, 15) is 15.8 Å². The van der Waals surface area contributed by atoms with Crippen LogP contribution in [0.1, 0.15) is 16.7 Å². The van der Waals surface area contributed by atoms with Crippen LogP contribution in [0.4, 0.5) is 0 Å². The Kier molecular flexibility index (Phi) is 6.56. The van der Waals surface area contributed by atoms with Gasteiger partial charge in [0, 0.05) is 32.8 Å². The van der Waals surface area contributed by atoms with Crippen molar-refractivity contribution in [3.63, 3.8) is 0 Å². The van der Waals surface area contributed by atoms with Gasteiger partial charge in [-0.05, 0) is 89.5 Å². The molecule has 2 heterocycles. The van der Waals surface area contributed by atoms with Crippen LogP contribution in [0.25, 0.3) is 77.2 Å². The van der Waals surface area contributed by atoms with E-state index in [0.29, 0.717) is 16.7 Å². The number of nitriles is 3. The summed E-state index contributed by atoms with van der Waals surface area (Å²) in [6.07, 6.45) is 0. The zero-order valence-electron chi connectivity index (χ0n) is 26.7. The summed E-state index contributed by atoms with van der Waals surface area (Å²) in [6.45, 7) is 0. The fourth-order valence-corrected chi connectivity index (χ4v) is 7.45. The summed E-state index contributed by atoms with van der Waals surface area (Å²) in [7, 11) is 0. The van der Waals surface area contributed by atoms with Gasteiger partial charge in [-0.2, -0.15) is 15.8 Å². The maximum Gasteiger partial charge on any atom is 0.0992 e. The van der Waals surface area contributed by atoms with Crippen LogP contribution in [-0.2, 0) is 0 Å². The summed E-state index contributed by atoms with van der Waals surface area (Å²) >= 11 is 0. The highest BCUT2D eigenvalue weighted by molar-refractivity contribution is 6.11. The molecule has 5 heteroatoms. The Balaban J connectivity index is 1.31. The van der Waals surface area contributed by atoms with E-state index in [-0.39, 0.29) is 0 Å². The normalized spacial score (nSPS) is 11.1. The van der Waals surface area contributed by atoms with Crippen molar-refractivity contribution in [2.24, 2.45) is 0 Å². The van der Waals surface area contributed by atoms with E-state index in [1.807, 2.05) is 72.8 Å². The standard InChI is InChI=1S/C45H25N5/c46-26-29-18-20-45(50-42-15-7-3-11-36(42)37-12-4-8-16-43(37)50)39(23-29)35-10-2-1-9-34(35)32-21-31(28-48)22-33(25-32)49-41-14-6-5-13-38(41)40-24-30(27-47)17-19-44(40)49/h1-25H. The summed E-state index contributed by atoms with van der Waals surface area (Å²) in [5.41, 5.74) is 11.3. The predicted octanol–water partition coefficient (Wildman–Crippen LogP) is 10.8. The minimum absolute atomic E-state index is 0.528. The molecule has 9 rings (SSSR count). The van der Waals surface area contributed by atoms with Gasteiger partial charge in [-0.3, -0.25) is 0 Å². The molecule has 0 spiro atoms. The number of hydrogen-bond donors (Lipinski definition) is 0. The van der Waals surface area contributed by atoms with E-state index >= 15 is 0 Å². The zero-order chi connectivity index (χ0) is 33.8. The van der Waals surface area contributed by atoms with Crippen molar-refractivity contribution in [3.8, 4) is 51.8 Å². The molecule has 0 atom stereocenters. The molecule has 0 N–H and O–H groups in total. The summed E-state index contributed by atoms with van der Waals surface area (Å²) < 4.78 is 4.45. The molecule has 5 nitrogen and oxygen atoms in total. The lowest BCUT2D eigenvalue weighted by molar-refractivity contribution is 1.17. The number of hydrogen-bond acceptors (Lipinski definition) is 3. The van der Waals surface area contributed by atoms with Crippen LogP contribution < -0.4 is 0 Å². The fraction of sp³-hybridized carbons (Fsp3) is 0. The first kappa shape index (κ1) is 28.8. The highest BCUT2D eigenvalue weighted by Crippen LogP contribution is 2.41. The van der Waals surface area contributed by atoms with Crippen LogP contribution in [0.15, 0.2) is 152 Å². The Morgan fingerprint density at radius 2 is 0.880 bits per heavy atom. The van der Waals surface area contributed by atoms with Crippen molar-refractivity contribution < 1.29 is 0 Å². The molecule has 0 aliphatic rings. The van der Waals surface area contributed by atoms with Crippen LogP contribution >= 0.6 is 0 Å². The molecular weight excluding hydrogens is 611 g/mol. The van der Waals surface area contributed by atoms with Gasteiger partial charge >= 0.3 is 0 Å². The molecule has 2 aromatic heterocycles.